The molecule has 1 N–H and O–H groups in total. The zero-order valence-electron chi connectivity index (χ0n) is 7.77. The smallest absolute Gasteiger partial charge is 0.371 e. The van der Waals surface area contributed by atoms with Crippen LogP contribution in [0.15, 0.2) is 32.5 Å². The van der Waals surface area contributed by atoms with Gasteiger partial charge in [-0.15, -0.1) is 11.3 Å². The van der Waals surface area contributed by atoms with Crippen molar-refractivity contribution in [2.45, 2.75) is 0 Å². The van der Waals surface area contributed by atoms with Crippen LogP contribution in [0.2, 0.25) is 0 Å². The standard InChI is InChI=1S/C10H5BrO4S/c11-5-3-4-16-9(5)8(12)6-1-2-7(15-6)10(13)14/h1-4H,(H,13,14). The fraction of sp³-hybridized carbons (Fsp3) is 0. The molecule has 0 spiro atoms. The predicted octanol–water partition coefficient (Wildman–Crippen LogP) is 3.03. The van der Waals surface area contributed by atoms with Gasteiger partial charge in [-0.2, -0.15) is 0 Å². The van der Waals surface area contributed by atoms with E-state index in [0.717, 1.165) is 0 Å². The monoisotopic (exact) mass is 300 g/mol. The number of carboxylic acid groups (broad SMARTS) is 1. The number of carboxylic acids is 1. The molecule has 0 radical (unpaired) electrons. The van der Waals surface area contributed by atoms with E-state index in [9.17, 15) is 9.59 Å². The fourth-order valence-electron chi connectivity index (χ4n) is 1.14. The second kappa shape index (κ2) is 4.23. The first-order valence-electron chi connectivity index (χ1n) is 4.20. The SMILES string of the molecule is O=C(O)c1ccc(C(=O)c2sccc2Br)o1. The normalized spacial score (nSPS) is 10.3. The lowest BCUT2D eigenvalue weighted by atomic mass is 10.2. The van der Waals surface area contributed by atoms with Gasteiger partial charge in [0, 0.05) is 4.47 Å². The molecular formula is C10H5BrO4S. The molecule has 2 heterocycles. The first-order valence-corrected chi connectivity index (χ1v) is 5.87. The van der Waals surface area contributed by atoms with E-state index in [-0.39, 0.29) is 17.3 Å². The van der Waals surface area contributed by atoms with Gasteiger partial charge in [-0.05, 0) is 39.5 Å². The van der Waals surface area contributed by atoms with Crippen LogP contribution < -0.4 is 0 Å². The number of furan rings is 1. The van der Waals surface area contributed by atoms with Gasteiger partial charge in [0.2, 0.25) is 11.5 Å². The summed E-state index contributed by atoms with van der Waals surface area (Å²) in [5.74, 6) is -1.73. The molecule has 0 aromatic carbocycles. The van der Waals surface area contributed by atoms with Crippen molar-refractivity contribution in [1.29, 1.82) is 0 Å². The van der Waals surface area contributed by atoms with Gasteiger partial charge in [0.1, 0.15) is 0 Å². The molecule has 0 unspecified atom stereocenters. The lowest BCUT2D eigenvalue weighted by Crippen LogP contribution is -1.98. The van der Waals surface area contributed by atoms with Crippen molar-refractivity contribution in [3.8, 4) is 0 Å². The van der Waals surface area contributed by atoms with Gasteiger partial charge in [-0.3, -0.25) is 4.79 Å². The van der Waals surface area contributed by atoms with Crippen molar-refractivity contribution in [2.75, 3.05) is 0 Å². The average Bonchev–Trinajstić information content (AvgIpc) is 2.84. The Hall–Kier alpha value is -1.40. The summed E-state index contributed by atoms with van der Waals surface area (Å²) in [6.07, 6.45) is 0. The summed E-state index contributed by atoms with van der Waals surface area (Å²) < 4.78 is 5.60. The van der Waals surface area contributed by atoms with Crippen LogP contribution >= 0.6 is 27.3 Å². The van der Waals surface area contributed by atoms with Gasteiger partial charge in [-0.1, -0.05) is 0 Å². The van der Waals surface area contributed by atoms with Gasteiger partial charge in [0.05, 0.1) is 4.88 Å². The van der Waals surface area contributed by atoms with Crippen molar-refractivity contribution < 1.29 is 19.1 Å². The van der Waals surface area contributed by atoms with E-state index in [1.807, 2.05) is 0 Å². The van der Waals surface area contributed by atoms with E-state index in [1.165, 1.54) is 23.5 Å². The summed E-state index contributed by atoms with van der Waals surface area (Å²) in [5.41, 5.74) is 0. The third kappa shape index (κ3) is 1.94. The van der Waals surface area contributed by atoms with E-state index >= 15 is 0 Å². The molecule has 2 rings (SSSR count). The van der Waals surface area contributed by atoms with Gasteiger partial charge in [0.25, 0.3) is 0 Å². The van der Waals surface area contributed by atoms with E-state index in [1.54, 1.807) is 11.4 Å². The van der Waals surface area contributed by atoms with E-state index < -0.39 is 5.97 Å². The van der Waals surface area contributed by atoms with E-state index in [0.29, 0.717) is 9.35 Å². The predicted molar refractivity (Wildman–Crippen MR) is 61.1 cm³/mol. The molecule has 0 atom stereocenters. The number of aromatic carboxylic acids is 1. The van der Waals surface area contributed by atoms with Gasteiger partial charge >= 0.3 is 5.97 Å². The lowest BCUT2D eigenvalue weighted by Gasteiger charge is -1.93. The zero-order chi connectivity index (χ0) is 11.7. The van der Waals surface area contributed by atoms with Crippen LogP contribution in [-0.4, -0.2) is 16.9 Å². The van der Waals surface area contributed by atoms with Crippen LogP contribution in [-0.2, 0) is 0 Å². The molecule has 0 saturated heterocycles. The number of carbonyl (C=O) groups is 2. The van der Waals surface area contributed by atoms with Crippen LogP contribution in [0.4, 0.5) is 0 Å². The maximum atomic E-state index is 11.9. The highest BCUT2D eigenvalue weighted by molar-refractivity contribution is 9.10. The molecule has 2 aromatic rings. The van der Waals surface area contributed by atoms with Crippen LogP contribution in [0, 0.1) is 0 Å². The first kappa shape index (κ1) is 11.1. The summed E-state index contributed by atoms with van der Waals surface area (Å²) in [6.45, 7) is 0. The van der Waals surface area contributed by atoms with Crippen molar-refractivity contribution >= 4 is 39.0 Å². The Morgan fingerprint density at radius 2 is 1.94 bits per heavy atom. The Balaban J connectivity index is 2.35. The maximum Gasteiger partial charge on any atom is 0.371 e. The third-order valence-corrected chi connectivity index (χ3v) is 3.70. The Bertz CT molecular complexity index is 555. The largest absolute Gasteiger partial charge is 0.475 e. The average molecular weight is 301 g/mol. The molecule has 0 aliphatic heterocycles. The Labute approximate surface area is 103 Å². The molecule has 4 nitrogen and oxygen atoms in total. The molecule has 0 bridgehead atoms. The Kier molecular flexibility index (Phi) is 2.93. The summed E-state index contributed by atoms with van der Waals surface area (Å²) in [7, 11) is 0. The summed E-state index contributed by atoms with van der Waals surface area (Å²) in [5, 5.41) is 10.4. The number of hydrogen-bond acceptors (Lipinski definition) is 4. The highest BCUT2D eigenvalue weighted by atomic mass is 79.9. The minimum atomic E-state index is -1.19. The number of hydrogen-bond donors (Lipinski definition) is 1. The van der Waals surface area contributed by atoms with Gasteiger partial charge < -0.3 is 9.52 Å². The summed E-state index contributed by atoms with van der Waals surface area (Å²) in [6, 6.07) is 4.37. The Morgan fingerprint density at radius 3 is 2.44 bits per heavy atom. The highest BCUT2D eigenvalue weighted by Gasteiger charge is 2.19. The molecule has 16 heavy (non-hydrogen) atoms. The second-order valence-electron chi connectivity index (χ2n) is 2.90. The van der Waals surface area contributed by atoms with Gasteiger partial charge in [-0.25, -0.2) is 4.79 Å². The number of carbonyl (C=O) groups excluding carboxylic acids is 1. The van der Waals surface area contributed by atoms with Crippen molar-refractivity contribution in [1.82, 2.24) is 0 Å². The molecule has 0 fully saturated rings. The van der Waals surface area contributed by atoms with Crippen LogP contribution in [0.5, 0.6) is 0 Å². The highest BCUT2D eigenvalue weighted by Crippen LogP contribution is 2.26. The maximum absolute atomic E-state index is 11.9. The fourth-order valence-corrected chi connectivity index (χ4v) is 2.64. The molecular weight excluding hydrogens is 296 g/mol. The van der Waals surface area contributed by atoms with Crippen molar-refractivity contribution in [3.63, 3.8) is 0 Å². The topological polar surface area (TPSA) is 67.5 Å². The van der Waals surface area contributed by atoms with E-state index in [2.05, 4.69) is 15.9 Å². The first-order chi connectivity index (χ1) is 7.59. The van der Waals surface area contributed by atoms with Crippen LogP contribution in [0.1, 0.15) is 26.0 Å². The number of ketones is 1. The minimum absolute atomic E-state index is 0.0283. The van der Waals surface area contributed by atoms with Crippen molar-refractivity contribution in [3.05, 3.63) is 44.4 Å². The zero-order valence-corrected chi connectivity index (χ0v) is 10.2. The molecule has 6 heteroatoms. The van der Waals surface area contributed by atoms with Crippen molar-refractivity contribution in [2.24, 2.45) is 0 Å². The quantitative estimate of drug-likeness (QED) is 0.885. The molecule has 2 aromatic heterocycles. The van der Waals surface area contributed by atoms with E-state index in [4.69, 9.17) is 9.52 Å². The molecule has 82 valence electrons. The molecule has 0 aliphatic carbocycles. The lowest BCUT2D eigenvalue weighted by molar-refractivity contribution is 0.0660. The van der Waals surface area contributed by atoms with Crippen LogP contribution in [0.25, 0.3) is 0 Å². The Morgan fingerprint density at radius 1 is 1.25 bits per heavy atom. The minimum Gasteiger partial charge on any atom is -0.475 e. The summed E-state index contributed by atoms with van der Waals surface area (Å²) >= 11 is 4.50. The molecule has 0 aliphatic rings. The van der Waals surface area contributed by atoms with Crippen LogP contribution in [0.3, 0.4) is 0 Å². The number of rotatable bonds is 3. The number of halogens is 1. The number of thiophene rings is 1. The second-order valence-corrected chi connectivity index (χ2v) is 4.67. The molecule has 0 amide bonds. The van der Waals surface area contributed by atoms with Gasteiger partial charge in [0.15, 0.2) is 5.76 Å². The third-order valence-electron chi connectivity index (χ3n) is 1.86. The molecule has 0 saturated carbocycles. The summed E-state index contributed by atoms with van der Waals surface area (Å²) in [4.78, 5) is 22.9.